The molecule has 0 fully saturated rings. The van der Waals surface area contributed by atoms with Gasteiger partial charge in [-0.2, -0.15) is 0 Å². The minimum atomic E-state index is 0.663. The molecule has 2 nitrogen and oxygen atoms in total. The molecule has 1 atom stereocenters. The van der Waals surface area contributed by atoms with Crippen LogP contribution < -0.4 is 5.32 Å². The summed E-state index contributed by atoms with van der Waals surface area (Å²) in [6.45, 7) is 10.3. The first-order valence-corrected chi connectivity index (χ1v) is 5.18. The van der Waals surface area contributed by atoms with Gasteiger partial charge in [-0.1, -0.05) is 20.8 Å². The number of hydrogen-bond donors (Lipinski definition) is 1. The van der Waals surface area contributed by atoms with Crippen LogP contribution in [0.15, 0.2) is 0 Å². The third-order valence-corrected chi connectivity index (χ3v) is 2.37. The summed E-state index contributed by atoms with van der Waals surface area (Å²) < 4.78 is 0. The molecule has 0 aromatic rings. The highest BCUT2D eigenvalue weighted by atomic mass is 15.1. The van der Waals surface area contributed by atoms with Gasteiger partial charge in [-0.15, -0.1) is 0 Å². The van der Waals surface area contributed by atoms with Gasteiger partial charge in [-0.25, -0.2) is 0 Å². The fourth-order valence-electron chi connectivity index (χ4n) is 1.43. The minimum Gasteiger partial charge on any atom is -0.316 e. The first-order chi connectivity index (χ1) is 5.78. The summed E-state index contributed by atoms with van der Waals surface area (Å²) in [5, 5.41) is 3.33. The van der Waals surface area contributed by atoms with Crippen LogP contribution in [-0.4, -0.2) is 37.6 Å². The molecule has 2 heteroatoms. The predicted molar refractivity (Wildman–Crippen MR) is 55.5 cm³/mol. The van der Waals surface area contributed by atoms with Gasteiger partial charge in [0.15, 0.2) is 0 Å². The molecule has 0 heterocycles. The van der Waals surface area contributed by atoms with Crippen molar-refractivity contribution in [3.05, 3.63) is 0 Å². The Morgan fingerprint density at radius 3 is 2.25 bits per heavy atom. The van der Waals surface area contributed by atoms with Gasteiger partial charge in [-0.05, 0) is 33.0 Å². The van der Waals surface area contributed by atoms with Gasteiger partial charge in [-0.3, -0.25) is 0 Å². The Morgan fingerprint density at radius 1 is 1.25 bits per heavy atom. The zero-order chi connectivity index (χ0) is 9.40. The number of hydrogen-bond acceptors (Lipinski definition) is 2. The molecule has 1 N–H and O–H groups in total. The SMILES string of the molecule is CCCN(CC)CC(CC)NC. The largest absolute Gasteiger partial charge is 0.316 e. The molecule has 0 bridgehead atoms. The van der Waals surface area contributed by atoms with Crippen LogP contribution in [0.1, 0.15) is 33.6 Å². The highest BCUT2D eigenvalue weighted by Crippen LogP contribution is 1.97. The molecule has 0 radical (unpaired) electrons. The summed E-state index contributed by atoms with van der Waals surface area (Å²) in [4.78, 5) is 2.50. The van der Waals surface area contributed by atoms with Crippen LogP contribution in [-0.2, 0) is 0 Å². The second-order valence-corrected chi connectivity index (χ2v) is 3.29. The number of rotatable bonds is 7. The molecule has 0 amide bonds. The lowest BCUT2D eigenvalue weighted by Gasteiger charge is -2.24. The van der Waals surface area contributed by atoms with Gasteiger partial charge >= 0.3 is 0 Å². The molecule has 0 aliphatic carbocycles. The highest BCUT2D eigenvalue weighted by molar-refractivity contribution is 4.67. The van der Waals surface area contributed by atoms with Gasteiger partial charge in [0.25, 0.3) is 0 Å². The molecule has 0 aromatic carbocycles. The predicted octanol–water partition coefficient (Wildman–Crippen LogP) is 1.72. The fraction of sp³-hybridized carbons (Fsp3) is 1.00. The van der Waals surface area contributed by atoms with E-state index in [1.807, 2.05) is 7.05 Å². The highest BCUT2D eigenvalue weighted by Gasteiger charge is 2.07. The standard InChI is InChI=1S/C10H24N2/c1-5-8-12(7-3)9-10(6-2)11-4/h10-11H,5-9H2,1-4H3. The maximum atomic E-state index is 3.33. The topological polar surface area (TPSA) is 15.3 Å². The molecule has 0 aliphatic rings. The van der Waals surface area contributed by atoms with Crippen molar-refractivity contribution in [2.45, 2.75) is 39.7 Å². The molecule has 0 saturated carbocycles. The van der Waals surface area contributed by atoms with Crippen molar-refractivity contribution in [1.29, 1.82) is 0 Å². The average molecular weight is 172 g/mol. The first-order valence-electron chi connectivity index (χ1n) is 5.18. The lowest BCUT2D eigenvalue weighted by molar-refractivity contribution is 0.254. The van der Waals surface area contributed by atoms with E-state index in [-0.39, 0.29) is 0 Å². The average Bonchev–Trinajstić information content (AvgIpc) is 2.12. The summed E-state index contributed by atoms with van der Waals surface area (Å²) >= 11 is 0. The van der Waals surface area contributed by atoms with Crippen LogP contribution in [0.25, 0.3) is 0 Å². The Balaban J connectivity index is 3.65. The maximum Gasteiger partial charge on any atom is 0.0189 e. The molecule has 0 aromatic heterocycles. The summed E-state index contributed by atoms with van der Waals surface area (Å²) in [7, 11) is 2.05. The van der Waals surface area contributed by atoms with Crippen molar-refractivity contribution in [2.24, 2.45) is 0 Å². The van der Waals surface area contributed by atoms with Crippen LogP contribution in [0, 0.1) is 0 Å². The van der Waals surface area contributed by atoms with Gasteiger partial charge in [0.1, 0.15) is 0 Å². The molecular weight excluding hydrogens is 148 g/mol. The third-order valence-electron chi connectivity index (χ3n) is 2.37. The Hall–Kier alpha value is -0.0800. The van der Waals surface area contributed by atoms with E-state index < -0.39 is 0 Å². The number of nitrogens with one attached hydrogen (secondary N) is 1. The molecule has 0 aliphatic heterocycles. The molecule has 0 rings (SSSR count). The van der Waals surface area contributed by atoms with E-state index >= 15 is 0 Å². The van der Waals surface area contributed by atoms with Gasteiger partial charge < -0.3 is 10.2 Å². The van der Waals surface area contributed by atoms with E-state index in [0.717, 1.165) is 0 Å². The van der Waals surface area contributed by atoms with Crippen molar-refractivity contribution in [3.63, 3.8) is 0 Å². The Labute approximate surface area is 77.3 Å². The van der Waals surface area contributed by atoms with E-state index in [4.69, 9.17) is 0 Å². The van der Waals surface area contributed by atoms with Gasteiger partial charge in [0.2, 0.25) is 0 Å². The molecular formula is C10H24N2. The second-order valence-electron chi connectivity index (χ2n) is 3.29. The maximum absolute atomic E-state index is 3.33. The van der Waals surface area contributed by atoms with Crippen LogP contribution >= 0.6 is 0 Å². The van der Waals surface area contributed by atoms with Crippen molar-refractivity contribution >= 4 is 0 Å². The third kappa shape index (κ3) is 4.73. The lowest BCUT2D eigenvalue weighted by atomic mass is 10.2. The van der Waals surface area contributed by atoms with Crippen molar-refractivity contribution < 1.29 is 0 Å². The van der Waals surface area contributed by atoms with E-state index in [1.54, 1.807) is 0 Å². The Kier molecular flexibility index (Phi) is 7.51. The number of nitrogens with zero attached hydrogens (tertiary/aromatic N) is 1. The van der Waals surface area contributed by atoms with Crippen LogP contribution in [0.5, 0.6) is 0 Å². The van der Waals surface area contributed by atoms with Gasteiger partial charge in [0.05, 0.1) is 0 Å². The monoisotopic (exact) mass is 172 g/mol. The minimum absolute atomic E-state index is 0.663. The zero-order valence-corrected chi connectivity index (χ0v) is 9.06. The van der Waals surface area contributed by atoms with Gasteiger partial charge in [0, 0.05) is 12.6 Å². The zero-order valence-electron chi connectivity index (χ0n) is 9.06. The van der Waals surface area contributed by atoms with Crippen molar-refractivity contribution in [1.82, 2.24) is 10.2 Å². The number of likely N-dealkylation sites (N-methyl/N-ethyl adjacent to an activating group) is 2. The van der Waals surface area contributed by atoms with E-state index in [9.17, 15) is 0 Å². The van der Waals surface area contributed by atoms with Crippen molar-refractivity contribution in [3.8, 4) is 0 Å². The van der Waals surface area contributed by atoms with Crippen LogP contribution in [0.4, 0.5) is 0 Å². The van der Waals surface area contributed by atoms with Crippen LogP contribution in [0.3, 0.4) is 0 Å². The smallest absolute Gasteiger partial charge is 0.0189 e. The lowest BCUT2D eigenvalue weighted by Crippen LogP contribution is -2.39. The molecule has 0 saturated heterocycles. The Morgan fingerprint density at radius 2 is 1.92 bits per heavy atom. The first kappa shape index (κ1) is 11.9. The quantitative estimate of drug-likeness (QED) is 0.629. The van der Waals surface area contributed by atoms with Crippen molar-refractivity contribution in [2.75, 3.05) is 26.7 Å². The van der Waals surface area contributed by atoms with E-state index in [1.165, 1.54) is 32.5 Å². The van der Waals surface area contributed by atoms with Crippen LogP contribution in [0.2, 0.25) is 0 Å². The summed E-state index contributed by atoms with van der Waals surface area (Å²) in [5.41, 5.74) is 0. The summed E-state index contributed by atoms with van der Waals surface area (Å²) in [6, 6.07) is 0.663. The molecule has 1 unspecified atom stereocenters. The fourth-order valence-corrected chi connectivity index (χ4v) is 1.43. The summed E-state index contributed by atoms with van der Waals surface area (Å²) in [6.07, 6.45) is 2.48. The summed E-state index contributed by atoms with van der Waals surface area (Å²) in [5.74, 6) is 0. The Bertz CT molecular complexity index is 89.8. The van der Waals surface area contributed by atoms with E-state index in [2.05, 4.69) is 31.0 Å². The molecule has 0 spiro atoms. The second kappa shape index (κ2) is 7.56. The van der Waals surface area contributed by atoms with E-state index in [0.29, 0.717) is 6.04 Å². The molecule has 74 valence electrons. The molecule has 12 heavy (non-hydrogen) atoms. The normalized spacial score (nSPS) is 13.8.